The van der Waals surface area contributed by atoms with Gasteiger partial charge in [0.15, 0.2) is 0 Å². The quantitative estimate of drug-likeness (QED) is 0.475. The highest BCUT2D eigenvalue weighted by molar-refractivity contribution is 6.87. The van der Waals surface area contributed by atoms with Gasteiger partial charge in [0.05, 0.1) is 0 Å². The lowest BCUT2D eigenvalue weighted by Crippen LogP contribution is -2.19. The van der Waals surface area contributed by atoms with Gasteiger partial charge >= 0.3 is 13.8 Å². The molecule has 0 radical (unpaired) electrons. The molecule has 0 aromatic heterocycles. The summed E-state index contributed by atoms with van der Waals surface area (Å²) in [4.78, 5) is 0. The van der Waals surface area contributed by atoms with Gasteiger partial charge in [-0.3, -0.25) is 0 Å². The summed E-state index contributed by atoms with van der Waals surface area (Å²) in [5.41, 5.74) is 1.05. The van der Waals surface area contributed by atoms with Crippen molar-refractivity contribution in [2.24, 2.45) is 0 Å². The first-order valence-corrected chi connectivity index (χ1v) is 3.66. The van der Waals surface area contributed by atoms with Gasteiger partial charge in [-0.05, 0) is 26.5 Å². The highest BCUT2D eigenvalue weighted by Gasteiger charge is 2.35. The van der Waals surface area contributed by atoms with E-state index in [-0.39, 0.29) is 13.8 Å². The van der Waals surface area contributed by atoms with Crippen molar-refractivity contribution < 1.29 is 10.0 Å². The lowest BCUT2D eigenvalue weighted by Gasteiger charge is -2.04. The Bertz CT molecular complexity index is 151. The zero-order valence-corrected chi connectivity index (χ0v) is 6.46. The predicted molar refractivity (Wildman–Crippen MR) is 43.9 cm³/mol. The normalized spacial score (nSPS) is 18.6. The Kier molecular flexibility index (Phi) is 2.21. The zero-order chi connectivity index (χ0) is 7.72. The Balaban J connectivity index is 2.82. The molecular weight excluding hydrogens is 126 g/mol. The van der Waals surface area contributed by atoms with Crippen LogP contribution in [-0.4, -0.2) is 23.9 Å². The van der Waals surface area contributed by atoms with Gasteiger partial charge in [-0.15, -0.1) is 0 Å². The third-order valence-electron chi connectivity index (χ3n) is 2.01. The van der Waals surface area contributed by atoms with Gasteiger partial charge in [0.2, 0.25) is 0 Å². The topological polar surface area (TPSA) is 40.5 Å². The van der Waals surface area contributed by atoms with E-state index in [4.69, 9.17) is 0 Å². The molecule has 10 heavy (non-hydrogen) atoms. The van der Waals surface area contributed by atoms with Crippen LogP contribution in [0, 0.1) is 0 Å². The van der Waals surface area contributed by atoms with Crippen molar-refractivity contribution in [2.75, 3.05) is 0 Å². The van der Waals surface area contributed by atoms with Gasteiger partial charge < -0.3 is 10.0 Å². The Hall–Kier alpha value is -0.210. The van der Waals surface area contributed by atoms with Gasteiger partial charge in [0, 0.05) is 0 Å². The standard InChI is InChI=1S/C6H12B2O2/c1-5(2)6-7(9)3-4-8(6)10/h9-10H,3-4H2,1-2H3. The molecule has 1 heterocycles. The molecular formula is C6H12B2O2. The summed E-state index contributed by atoms with van der Waals surface area (Å²) in [5, 5.41) is 19.5. The van der Waals surface area contributed by atoms with Crippen LogP contribution < -0.4 is 0 Å². The highest BCUT2D eigenvalue weighted by atomic mass is 16.2. The maximum atomic E-state index is 9.31. The van der Waals surface area contributed by atoms with E-state index in [1.165, 1.54) is 0 Å². The molecule has 1 aliphatic rings. The highest BCUT2D eigenvalue weighted by Crippen LogP contribution is 2.24. The minimum absolute atomic E-state index is 0.389. The smallest absolute Gasteiger partial charge is 0.312 e. The average molecular weight is 138 g/mol. The third kappa shape index (κ3) is 1.27. The number of hydrogen-bond donors (Lipinski definition) is 2. The average Bonchev–Trinajstić information content (AvgIpc) is 2.11. The molecule has 2 nitrogen and oxygen atoms in total. The van der Waals surface area contributed by atoms with Gasteiger partial charge in [0.1, 0.15) is 0 Å². The first-order chi connectivity index (χ1) is 4.63. The van der Waals surface area contributed by atoms with Crippen LogP contribution in [0.2, 0.25) is 12.6 Å². The summed E-state index contributed by atoms with van der Waals surface area (Å²) in [6.45, 7) is 3.07. The summed E-state index contributed by atoms with van der Waals surface area (Å²) in [6.07, 6.45) is 1.42. The van der Waals surface area contributed by atoms with E-state index in [1.54, 1.807) is 0 Å². The van der Waals surface area contributed by atoms with Crippen LogP contribution in [0.25, 0.3) is 0 Å². The summed E-state index contributed by atoms with van der Waals surface area (Å²) in [5.74, 6) is 0. The molecule has 54 valence electrons. The van der Waals surface area contributed by atoms with E-state index in [9.17, 15) is 10.0 Å². The van der Waals surface area contributed by atoms with Crippen LogP contribution in [0.4, 0.5) is 0 Å². The summed E-state index contributed by atoms with van der Waals surface area (Å²) >= 11 is 0. The Morgan fingerprint density at radius 1 is 1.20 bits per heavy atom. The van der Waals surface area contributed by atoms with Crippen molar-refractivity contribution in [2.45, 2.75) is 26.5 Å². The van der Waals surface area contributed by atoms with Crippen molar-refractivity contribution in [3.05, 3.63) is 10.9 Å². The Labute approximate surface area is 62.2 Å². The molecule has 0 aromatic rings. The van der Waals surface area contributed by atoms with Crippen LogP contribution in [0.5, 0.6) is 0 Å². The van der Waals surface area contributed by atoms with Crippen molar-refractivity contribution in [1.82, 2.24) is 0 Å². The second kappa shape index (κ2) is 2.80. The van der Waals surface area contributed by atoms with Crippen LogP contribution in [-0.2, 0) is 0 Å². The first-order valence-electron chi connectivity index (χ1n) is 3.66. The molecule has 0 atom stereocenters. The minimum Gasteiger partial charge on any atom is -0.447 e. The van der Waals surface area contributed by atoms with Crippen molar-refractivity contribution in [1.29, 1.82) is 0 Å². The SMILES string of the molecule is CC(C)=C1B(O)CCB1O. The van der Waals surface area contributed by atoms with Gasteiger partial charge in [-0.25, -0.2) is 0 Å². The molecule has 0 unspecified atom stereocenters. The van der Waals surface area contributed by atoms with Gasteiger partial charge in [-0.2, -0.15) is 0 Å². The molecule has 0 aliphatic carbocycles. The molecule has 1 rings (SSSR count). The molecule has 1 aliphatic heterocycles. The van der Waals surface area contributed by atoms with Gasteiger partial charge in [0.25, 0.3) is 0 Å². The second-order valence-electron chi connectivity index (χ2n) is 3.06. The summed E-state index contributed by atoms with van der Waals surface area (Å²) < 4.78 is 0. The molecule has 0 bridgehead atoms. The van der Waals surface area contributed by atoms with Crippen LogP contribution in [0.3, 0.4) is 0 Å². The molecule has 4 heteroatoms. The fourth-order valence-electron chi connectivity index (χ4n) is 1.52. The lowest BCUT2D eigenvalue weighted by molar-refractivity contribution is 0.581. The Morgan fingerprint density at radius 3 is 1.80 bits per heavy atom. The van der Waals surface area contributed by atoms with E-state index < -0.39 is 0 Å². The monoisotopic (exact) mass is 138 g/mol. The minimum atomic E-state index is -0.389. The van der Waals surface area contributed by atoms with E-state index >= 15 is 0 Å². The first kappa shape index (κ1) is 7.89. The van der Waals surface area contributed by atoms with Crippen LogP contribution >= 0.6 is 0 Å². The maximum Gasteiger partial charge on any atom is 0.312 e. The van der Waals surface area contributed by atoms with E-state index in [2.05, 4.69) is 0 Å². The van der Waals surface area contributed by atoms with Crippen molar-refractivity contribution in [3.63, 3.8) is 0 Å². The number of allylic oxidation sites excluding steroid dienone is 1. The number of rotatable bonds is 0. The zero-order valence-electron chi connectivity index (χ0n) is 6.46. The molecule has 1 saturated heterocycles. The number of hydrogen-bond acceptors (Lipinski definition) is 2. The summed E-state index contributed by atoms with van der Waals surface area (Å²) in [6, 6.07) is 0. The van der Waals surface area contributed by atoms with Crippen LogP contribution in [0.15, 0.2) is 10.9 Å². The molecule has 1 fully saturated rings. The van der Waals surface area contributed by atoms with E-state index in [1.807, 2.05) is 13.8 Å². The largest absolute Gasteiger partial charge is 0.447 e. The fraction of sp³-hybridized carbons (Fsp3) is 0.667. The Morgan fingerprint density at radius 2 is 1.60 bits per heavy atom. The second-order valence-corrected chi connectivity index (χ2v) is 3.06. The van der Waals surface area contributed by atoms with Gasteiger partial charge in [-0.1, -0.05) is 10.9 Å². The summed E-state index contributed by atoms with van der Waals surface area (Å²) in [7, 11) is 0. The predicted octanol–water partition coefficient (Wildman–Crippen LogP) is 0.382. The van der Waals surface area contributed by atoms with Crippen molar-refractivity contribution >= 4 is 13.8 Å². The van der Waals surface area contributed by atoms with E-state index in [0.29, 0.717) is 12.6 Å². The molecule has 2 N–H and O–H groups in total. The van der Waals surface area contributed by atoms with Crippen LogP contribution in [0.1, 0.15) is 13.8 Å². The van der Waals surface area contributed by atoms with E-state index in [0.717, 1.165) is 10.9 Å². The fourth-order valence-corrected chi connectivity index (χ4v) is 1.52. The maximum absolute atomic E-state index is 9.31. The molecule has 0 saturated carbocycles. The lowest BCUT2D eigenvalue weighted by atomic mass is 9.48. The third-order valence-corrected chi connectivity index (χ3v) is 2.01. The molecule has 0 spiro atoms. The van der Waals surface area contributed by atoms with Crippen molar-refractivity contribution in [3.8, 4) is 0 Å². The molecule has 0 aromatic carbocycles. The molecule has 0 amide bonds.